The van der Waals surface area contributed by atoms with Crippen LogP contribution in [0.3, 0.4) is 0 Å². The highest BCUT2D eigenvalue weighted by molar-refractivity contribution is 8.26. The van der Waals surface area contributed by atoms with Gasteiger partial charge in [0.25, 0.3) is 5.91 Å². The largest absolute Gasteiger partial charge is 0.465 e. The first kappa shape index (κ1) is 25.0. The zero-order chi connectivity index (χ0) is 22.8. The minimum atomic E-state index is -0.403. The Kier molecular flexibility index (Phi) is 10.2. The van der Waals surface area contributed by atoms with Gasteiger partial charge in [-0.1, -0.05) is 42.5 Å². The fourth-order valence-corrected chi connectivity index (χ4v) is 4.12. The van der Waals surface area contributed by atoms with Gasteiger partial charge in [-0.2, -0.15) is 0 Å². The molecule has 0 aromatic heterocycles. The van der Waals surface area contributed by atoms with Crippen molar-refractivity contribution < 1.29 is 23.9 Å². The summed E-state index contributed by atoms with van der Waals surface area (Å²) < 4.78 is 10.4. The zero-order valence-corrected chi connectivity index (χ0v) is 19.7. The molecule has 1 aromatic rings. The number of carbonyl (C=O) groups excluding carboxylic acids is 3. The number of carbonyl (C=O) groups is 3. The Bertz CT molecular complexity index is 837. The Morgan fingerprint density at radius 3 is 2.52 bits per heavy atom. The van der Waals surface area contributed by atoms with Crippen LogP contribution >= 0.6 is 24.0 Å². The van der Waals surface area contributed by atoms with Crippen molar-refractivity contribution in [2.24, 2.45) is 0 Å². The van der Waals surface area contributed by atoms with Crippen molar-refractivity contribution in [3.63, 3.8) is 0 Å². The van der Waals surface area contributed by atoms with Crippen LogP contribution in [0.1, 0.15) is 41.6 Å². The second kappa shape index (κ2) is 12.6. The third-order valence-corrected chi connectivity index (χ3v) is 5.95. The summed E-state index contributed by atoms with van der Waals surface area (Å²) in [5.41, 5.74) is 1.26. The molecule has 7 nitrogen and oxygen atoms in total. The summed E-state index contributed by atoms with van der Waals surface area (Å²) in [5, 5.41) is 0. The molecule has 0 unspecified atom stereocenters. The predicted molar refractivity (Wildman–Crippen MR) is 126 cm³/mol. The number of methoxy groups -OCH3 is 1. The summed E-state index contributed by atoms with van der Waals surface area (Å²) in [6.45, 7) is 1.64. The maximum atomic E-state index is 12.7. The maximum Gasteiger partial charge on any atom is 0.337 e. The van der Waals surface area contributed by atoms with E-state index in [-0.39, 0.29) is 11.9 Å². The molecule has 2 rings (SSSR count). The fraction of sp³-hybridized carbons (Fsp3) is 0.455. The zero-order valence-electron chi connectivity index (χ0n) is 18.1. The number of esters is 2. The topological polar surface area (TPSA) is 76.2 Å². The molecule has 0 aliphatic carbocycles. The van der Waals surface area contributed by atoms with E-state index in [0.717, 1.165) is 24.8 Å². The summed E-state index contributed by atoms with van der Waals surface area (Å²) in [6.07, 6.45) is 4.45. The molecule has 1 aromatic carbocycles. The third kappa shape index (κ3) is 8.08. The number of benzene rings is 1. The van der Waals surface area contributed by atoms with E-state index in [9.17, 15) is 14.4 Å². The van der Waals surface area contributed by atoms with E-state index >= 15 is 0 Å². The van der Waals surface area contributed by atoms with Gasteiger partial charge in [-0.25, -0.2) is 4.79 Å². The summed E-state index contributed by atoms with van der Waals surface area (Å²) >= 11 is 6.63. The summed E-state index contributed by atoms with van der Waals surface area (Å²) in [4.78, 5) is 40.0. The average Bonchev–Trinajstić information content (AvgIpc) is 3.00. The highest BCUT2D eigenvalue weighted by Crippen LogP contribution is 2.32. The molecule has 0 N–H and O–H groups in total. The van der Waals surface area contributed by atoms with E-state index in [1.165, 1.54) is 18.9 Å². The molecular weight excluding hydrogens is 436 g/mol. The van der Waals surface area contributed by atoms with Crippen molar-refractivity contribution in [1.29, 1.82) is 0 Å². The van der Waals surface area contributed by atoms with Gasteiger partial charge in [0, 0.05) is 19.5 Å². The number of thioether (sulfide) groups is 1. The Balaban J connectivity index is 1.77. The molecule has 1 heterocycles. The summed E-state index contributed by atoms with van der Waals surface area (Å²) in [6, 6.07) is 6.83. The maximum absolute atomic E-state index is 12.7. The van der Waals surface area contributed by atoms with Crippen LogP contribution in [0, 0.1) is 0 Å². The number of hydrogen-bond donors (Lipinski definition) is 0. The molecule has 1 fully saturated rings. The van der Waals surface area contributed by atoms with Crippen LogP contribution in [0.25, 0.3) is 6.08 Å². The first-order chi connectivity index (χ1) is 14.8. The quantitative estimate of drug-likeness (QED) is 0.214. The van der Waals surface area contributed by atoms with Crippen molar-refractivity contribution in [3.8, 4) is 0 Å². The molecule has 0 atom stereocenters. The molecular formula is C22H28N2O5S2. The number of nitrogens with zero attached hydrogens (tertiary/aromatic N) is 2. The number of hydrogen-bond acceptors (Lipinski definition) is 8. The van der Waals surface area contributed by atoms with Gasteiger partial charge in [0.15, 0.2) is 0 Å². The minimum absolute atomic E-state index is 0.116. The second-order valence-electron chi connectivity index (χ2n) is 7.28. The van der Waals surface area contributed by atoms with Crippen LogP contribution in [0.2, 0.25) is 0 Å². The number of rotatable bonds is 11. The number of amides is 1. The Labute approximate surface area is 192 Å². The number of thiocarbonyl (C=S) groups is 1. The van der Waals surface area contributed by atoms with Crippen LogP contribution in [0.15, 0.2) is 29.2 Å². The van der Waals surface area contributed by atoms with Crippen LogP contribution in [0.4, 0.5) is 0 Å². The molecule has 31 heavy (non-hydrogen) atoms. The van der Waals surface area contributed by atoms with Gasteiger partial charge in [0.1, 0.15) is 10.9 Å². The lowest BCUT2D eigenvalue weighted by Crippen LogP contribution is -2.29. The molecule has 1 amide bonds. The monoisotopic (exact) mass is 464 g/mol. The molecule has 0 radical (unpaired) electrons. The van der Waals surface area contributed by atoms with Gasteiger partial charge >= 0.3 is 11.9 Å². The highest BCUT2D eigenvalue weighted by atomic mass is 32.2. The van der Waals surface area contributed by atoms with Gasteiger partial charge in [0.2, 0.25) is 0 Å². The molecule has 0 bridgehead atoms. The van der Waals surface area contributed by atoms with Crippen molar-refractivity contribution in [2.45, 2.75) is 25.7 Å². The SMILES string of the molecule is COC(=O)c1ccc(/C=C2\SC(=S)N(CCCCCC(=O)OCCN(C)C)C2=O)cc1. The first-order valence-corrected chi connectivity index (χ1v) is 11.3. The van der Waals surface area contributed by atoms with Crippen LogP contribution in [0.5, 0.6) is 0 Å². The highest BCUT2D eigenvalue weighted by Gasteiger charge is 2.31. The van der Waals surface area contributed by atoms with Gasteiger partial charge in [-0.05, 0) is 50.7 Å². The smallest absolute Gasteiger partial charge is 0.337 e. The lowest BCUT2D eigenvalue weighted by atomic mass is 10.1. The van der Waals surface area contributed by atoms with Crippen molar-refractivity contribution >= 4 is 52.2 Å². The molecule has 1 aliphatic rings. The predicted octanol–water partition coefficient (Wildman–Crippen LogP) is 3.34. The van der Waals surface area contributed by atoms with E-state index in [1.54, 1.807) is 35.2 Å². The number of ether oxygens (including phenoxy) is 2. The Hall–Kier alpha value is -2.23. The van der Waals surface area contributed by atoms with E-state index in [4.69, 9.17) is 17.0 Å². The second-order valence-corrected chi connectivity index (χ2v) is 8.96. The van der Waals surface area contributed by atoms with Gasteiger partial charge in [0.05, 0.1) is 17.6 Å². The van der Waals surface area contributed by atoms with E-state index in [1.807, 2.05) is 19.0 Å². The Morgan fingerprint density at radius 2 is 1.87 bits per heavy atom. The summed E-state index contributed by atoms with van der Waals surface area (Å²) in [7, 11) is 5.19. The molecule has 1 aliphatic heterocycles. The van der Waals surface area contributed by atoms with Gasteiger partial charge in [-0.15, -0.1) is 0 Å². The van der Waals surface area contributed by atoms with Crippen molar-refractivity contribution in [1.82, 2.24) is 9.80 Å². The van der Waals surface area contributed by atoms with Crippen LogP contribution in [-0.2, 0) is 19.1 Å². The van der Waals surface area contributed by atoms with Crippen molar-refractivity contribution in [2.75, 3.05) is 40.9 Å². The molecule has 9 heteroatoms. The summed E-state index contributed by atoms with van der Waals surface area (Å²) in [5.74, 6) is -0.705. The molecule has 1 saturated heterocycles. The standard InChI is InChI=1S/C22H28N2O5S2/c1-23(2)13-14-29-19(25)7-5-4-6-12-24-20(26)18(31-22(24)30)15-16-8-10-17(11-9-16)21(27)28-3/h8-11,15H,4-7,12-14H2,1-3H3/b18-15-. The number of likely N-dealkylation sites (N-methyl/N-ethyl adjacent to an activating group) is 1. The first-order valence-electron chi connectivity index (χ1n) is 10.1. The molecule has 168 valence electrons. The molecule has 0 spiro atoms. The normalized spacial score (nSPS) is 15.1. The average molecular weight is 465 g/mol. The van der Waals surface area contributed by atoms with Gasteiger partial charge in [-0.3, -0.25) is 14.5 Å². The van der Waals surface area contributed by atoms with Crippen LogP contribution in [-0.4, -0.2) is 72.9 Å². The minimum Gasteiger partial charge on any atom is -0.465 e. The van der Waals surface area contributed by atoms with E-state index in [2.05, 4.69) is 4.74 Å². The van der Waals surface area contributed by atoms with Crippen LogP contribution < -0.4 is 0 Å². The lowest BCUT2D eigenvalue weighted by molar-refractivity contribution is -0.144. The fourth-order valence-electron chi connectivity index (χ4n) is 2.81. The third-order valence-electron chi connectivity index (χ3n) is 4.57. The number of unbranched alkanes of at least 4 members (excludes halogenated alkanes) is 2. The molecule has 0 saturated carbocycles. The van der Waals surface area contributed by atoms with Gasteiger partial charge < -0.3 is 14.4 Å². The lowest BCUT2D eigenvalue weighted by Gasteiger charge is -2.14. The Morgan fingerprint density at radius 1 is 1.16 bits per heavy atom. The van der Waals surface area contributed by atoms with Crippen molar-refractivity contribution in [3.05, 3.63) is 40.3 Å². The van der Waals surface area contributed by atoms with E-state index in [0.29, 0.717) is 40.9 Å². The van der Waals surface area contributed by atoms with E-state index < -0.39 is 5.97 Å².